The predicted molar refractivity (Wildman–Crippen MR) is 127 cm³/mol. The summed E-state index contributed by atoms with van der Waals surface area (Å²) in [5, 5.41) is 13.1. The first kappa shape index (κ1) is 22.5. The van der Waals surface area contributed by atoms with E-state index in [-0.39, 0.29) is 5.56 Å². The minimum Gasteiger partial charge on any atom is -0.493 e. The summed E-state index contributed by atoms with van der Waals surface area (Å²) in [6.45, 7) is 0. The second-order valence-electron chi connectivity index (χ2n) is 7.37. The molecule has 9 heteroatoms. The number of fused-ring (bicyclic) bond motifs is 1. The molecule has 0 spiro atoms. The number of aromatic amines is 1. The fraction of sp³-hybridized carbons (Fsp3) is 0.120. The molecule has 172 valence electrons. The van der Waals surface area contributed by atoms with Crippen molar-refractivity contribution in [3.63, 3.8) is 0 Å². The number of carboxylic acid groups (broad SMARTS) is 1. The van der Waals surface area contributed by atoms with Crippen LogP contribution in [0.2, 0.25) is 0 Å². The lowest BCUT2D eigenvalue weighted by Crippen LogP contribution is -2.17. The molecule has 0 aliphatic rings. The number of nitrogens with one attached hydrogen (secondary N) is 2. The van der Waals surface area contributed by atoms with Crippen LogP contribution < -0.4 is 14.9 Å². The van der Waals surface area contributed by atoms with Gasteiger partial charge >= 0.3 is 5.97 Å². The molecule has 4 rings (SSSR count). The Morgan fingerprint density at radius 3 is 2.62 bits per heavy atom. The van der Waals surface area contributed by atoms with E-state index in [0.717, 1.165) is 16.9 Å². The van der Waals surface area contributed by atoms with E-state index in [1.54, 1.807) is 50.6 Å². The van der Waals surface area contributed by atoms with Crippen LogP contribution in [-0.4, -0.2) is 47.4 Å². The Bertz CT molecular complexity index is 1390. The van der Waals surface area contributed by atoms with Crippen molar-refractivity contribution >= 4 is 29.1 Å². The molecule has 4 aromatic rings. The van der Waals surface area contributed by atoms with E-state index in [4.69, 9.17) is 9.47 Å². The van der Waals surface area contributed by atoms with E-state index in [0.29, 0.717) is 34.6 Å². The molecule has 0 unspecified atom stereocenters. The number of benzene rings is 3. The largest absolute Gasteiger partial charge is 0.493 e. The number of carbonyl (C=O) groups is 2. The average Bonchev–Trinajstić information content (AvgIpc) is 3.25. The van der Waals surface area contributed by atoms with Crippen molar-refractivity contribution in [2.75, 3.05) is 14.2 Å². The standard InChI is InChI=1S/C25H22N4O5/c1-33-21-10-7-15(11-22(21)34-2)12-23-27-19-9-8-16(13-20(19)28-23)24(30)29-26-14-17-5-3-4-6-18(17)25(31)32/h3-11,13-14H,12H2,1-2H3,(H,27,28)(H,29,30)(H,31,32)/b26-14-. The molecule has 0 saturated carbocycles. The van der Waals surface area contributed by atoms with Gasteiger partial charge in [0.15, 0.2) is 11.5 Å². The van der Waals surface area contributed by atoms with Gasteiger partial charge in [0.05, 0.1) is 37.0 Å². The zero-order valence-corrected chi connectivity index (χ0v) is 18.5. The molecule has 0 aliphatic carbocycles. The molecule has 1 heterocycles. The fourth-order valence-corrected chi connectivity index (χ4v) is 3.50. The number of hydrogen-bond donors (Lipinski definition) is 3. The fourth-order valence-electron chi connectivity index (χ4n) is 3.50. The summed E-state index contributed by atoms with van der Waals surface area (Å²) < 4.78 is 10.6. The molecule has 34 heavy (non-hydrogen) atoms. The summed E-state index contributed by atoms with van der Waals surface area (Å²) in [5.74, 6) is 0.536. The van der Waals surface area contributed by atoms with Crippen molar-refractivity contribution in [1.82, 2.24) is 15.4 Å². The zero-order valence-electron chi connectivity index (χ0n) is 18.5. The van der Waals surface area contributed by atoms with Gasteiger partial charge in [-0.25, -0.2) is 15.2 Å². The van der Waals surface area contributed by atoms with Gasteiger partial charge in [0.1, 0.15) is 5.82 Å². The molecule has 0 bridgehead atoms. The number of hydrogen-bond acceptors (Lipinski definition) is 6. The van der Waals surface area contributed by atoms with Gasteiger partial charge in [0.2, 0.25) is 0 Å². The van der Waals surface area contributed by atoms with Crippen LogP contribution in [-0.2, 0) is 6.42 Å². The van der Waals surface area contributed by atoms with E-state index in [1.165, 1.54) is 12.3 Å². The molecule has 3 aromatic carbocycles. The van der Waals surface area contributed by atoms with Gasteiger partial charge in [-0.15, -0.1) is 0 Å². The maximum Gasteiger partial charge on any atom is 0.336 e. The molecule has 0 atom stereocenters. The average molecular weight is 458 g/mol. The topological polar surface area (TPSA) is 126 Å². The highest BCUT2D eigenvalue weighted by Gasteiger charge is 2.11. The number of H-pyrrole nitrogens is 1. The van der Waals surface area contributed by atoms with Crippen LogP contribution in [0.5, 0.6) is 11.5 Å². The van der Waals surface area contributed by atoms with Crippen LogP contribution in [0.25, 0.3) is 11.0 Å². The lowest BCUT2D eigenvalue weighted by Gasteiger charge is -2.08. The van der Waals surface area contributed by atoms with Crippen LogP contribution in [0.1, 0.15) is 37.7 Å². The van der Waals surface area contributed by atoms with Crippen molar-refractivity contribution in [3.8, 4) is 11.5 Å². The SMILES string of the molecule is COc1ccc(Cc2nc3ccc(C(=O)N/N=C\c4ccccc4C(=O)O)cc3[nH]2)cc1OC. The normalized spacial score (nSPS) is 11.0. The molecule has 0 radical (unpaired) electrons. The number of methoxy groups -OCH3 is 2. The van der Waals surface area contributed by atoms with Crippen molar-refractivity contribution in [2.24, 2.45) is 5.10 Å². The van der Waals surface area contributed by atoms with Gasteiger partial charge < -0.3 is 19.6 Å². The van der Waals surface area contributed by atoms with Crippen LogP contribution in [0.15, 0.2) is 65.8 Å². The molecule has 1 aromatic heterocycles. The minimum absolute atomic E-state index is 0.0985. The summed E-state index contributed by atoms with van der Waals surface area (Å²) in [7, 11) is 3.18. The molecule has 1 amide bonds. The molecular formula is C25H22N4O5. The second kappa shape index (κ2) is 9.86. The van der Waals surface area contributed by atoms with Gasteiger partial charge in [-0.1, -0.05) is 24.3 Å². The summed E-state index contributed by atoms with van der Waals surface area (Å²) >= 11 is 0. The van der Waals surface area contributed by atoms with E-state index in [9.17, 15) is 14.7 Å². The number of imidazole rings is 1. The monoisotopic (exact) mass is 458 g/mol. The highest BCUT2D eigenvalue weighted by molar-refractivity contribution is 6.00. The lowest BCUT2D eigenvalue weighted by atomic mass is 10.1. The second-order valence-corrected chi connectivity index (χ2v) is 7.37. The number of hydrazone groups is 1. The van der Waals surface area contributed by atoms with Gasteiger partial charge in [-0.05, 0) is 42.0 Å². The number of carbonyl (C=O) groups excluding carboxylic acids is 1. The van der Waals surface area contributed by atoms with Crippen LogP contribution in [0.3, 0.4) is 0 Å². The van der Waals surface area contributed by atoms with Crippen molar-refractivity contribution in [1.29, 1.82) is 0 Å². The number of rotatable bonds is 8. The van der Waals surface area contributed by atoms with E-state index < -0.39 is 11.9 Å². The maximum atomic E-state index is 12.5. The summed E-state index contributed by atoms with van der Waals surface area (Å²) in [4.78, 5) is 31.6. The van der Waals surface area contributed by atoms with Crippen molar-refractivity contribution in [3.05, 3.63) is 88.7 Å². The van der Waals surface area contributed by atoms with Crippen LogP contribution >= 0.6 is 0 Å². The van der Waals surface area contributed by atoms with Crippen molar-refractivity contribution < 1.29 is 24.2 Å². The smallest absolute Gasteiger partial charge is 0.336 e. The quantitative estimate of drug-likeness (QED) is 0.273. The third kappa shape index (κ3) is 4.88. The Morgan fingerprint density at radius 1 is 1.06 bits per heavy atom. The predicted octanol–water partition coefficient (Wildman–Crippen LogP) is 3.63. The van der Waals surface area contributed by atoms with E-state index >= 15 is 0 Å². The Labute approximate surface area is 195 Å². The highest BCUT2D eigenvalue weighted by atomic mass is 16.5. The molecule has 0 saturated heterocycles. The molecular weight excluding hydrogens is 436 g/mol. The minimum atomic E-state index is -1.07. The zero-order chi connectivity index (χ0) is 24.1. The lowest BCUT2D eigenvalue weighted by molar-refractivity contribution is 0.0696. The summed E-state index contributed by atoms with van der Waals surface area (Å²) in [6.07, 6.45) is 1.85. The van der Waals surface area contributed by atoms with E-state index in [1.807, 2.05) is 18.2 Å². The Morgan fingerprint density at radius 2 is 1.85 bits per heavy atom. The third-order valence-corrected chi connectivity index (χ3v) is 5.17. The first-order valence-electron chi connectivity index (χ1n) is 10.3. The maximum absolute atomic E-state index is 12.5. The van der Waals surface area contributed by atoms with Gasteiger partial charge in [-0.2, -0.15) is 5.10 Å². The molecule has 3 N–H and O–H groups in total. The number of nitrogens with zero attached hydrogens (tertiary/aromatic N) is 2. The Balaban J connectivity index is 1.48. The number of ether oxygens (including phenoxy) is 2. The van der Waals surface area contributed by atoms with Crippen LogP contribution in [0, 0.1) is 0 Å². The Kier molecular flexibility index (Phi) is 6.54. The molecule has 0 aliphatic heterocycles. The first-order valence-corrected chi connectivity index (χ1v) is 10.3. The van der Waals surface area contributed by atoms with Crippen LogP contribution in [0.4, 0.5) is 0 Å². The van der Waals surface area contributed by atoms with Gasteiger partial charge in [-0.3, -0.25) is 4.79 Å². The highest BCUT2D eigenvalue weighted by Crippen LogP contribution is 2.28. The van der Waals surface area contributed by atoms with E-state index in [2.05, 4.69) is 20.5 Å². The Hall–Kier alpha value is -4.66. The number of aromatic carboxylic acids is 1. The third-order valence-electron chi connectivity index (χ3n) is 5.17. The summed E-state index contributed by atoms with van der Waals surface area (Å²) in [6, 6.07) is 17.2. The van der Waals surface area contributed by atoms with Gasteiger partial charge in [0.25, 0.3) is 5.91 Å². The molecule has 0 fully saturated rings. The summed E-state index contributed by atoms with van der Waals surface area (Å²) in [5.41, 5.74) is 5.73. The number of amides is 1. The number of aromatic nitrogens is 2. The first-order chi connectivity index (χ1) is 16.5. The van der Waals surface area contributed by atoms with Gasteiger partial charge in [0, 0.05) is 17.5 Å². The molecule has 9 nitrogen and oxygen atoms in total. The van der Waals surface area contributed by atoms with Crippen molar-refractivity contribution in [2.45, 2.75) is 6.42 Å². The number of carboxylic acids is 1.